The number of rotatable bonds is 5. The second-order valence-electron chi connectivity index (χ2n) is 10.2. The number of amides is 2. The normalized spacial score (nSPS) is 30.2. The van der Waals surface area contributed by atoms with Crippen LogP contribution in [0, 0.1) is 23.2 Å². The van der Waals surface area contributed by atoms with Crippen LogP contribution in [-0.4, -0.2) is 40.8 Å². The molecular formula is C28H24ClN3O5. The lowest BCUT2D eigenvalue weighted by Crippen LogP contribution is -2.50. The number of carbonyl (C=O) groups is 2. The lowest BCUT2D eigenvalue weighted by Gasteiger charge is -2.35. The minimum Gasteiger partial charge on any atom is -0.378 e. The molecule has 9 heteroatoms. The van der Waals surface area contributed by atoms with Gasteiger partial charge in [0.25, 0.3) is 5.56 Å². The van der Waals surface area contributed by atoms with Crippen molar-refractivity contribution in [3.8, 4) is 6.07 Å². The number of nitriles is 1. The van der Waals surface area contributed by atoms with Crippen molar-refractivity contribution in [1.82, 2.24) is 4.57 Å². The third-order valence-electron chi connectivity index (χ3n) is 8.35. The number of fused-ring (bicyclic) bond motifs is 6. The quantitative estimate of drug-likeness (QED) is 0.479. The molecule has 6 rings (SSSR count). The summed E-state index contributed by atoms with van der Waals surface area (Å²) in [4.78, 5) is 41.8. The number of carbonyl (C=O) groups excluding carboxylic acids is 2. The number of benzene rings is 2. The van der Waals surface area contributed by atoms with Crippen LogP contribution in [0.5, 0.6) is 0 Å². The van der Waals surface area contributed by atoms with Gasteiger partial charge < -0.3 is 14.0 Å². The smallest absolute Gasteiger partial charge is 0.250 e. The Morgan fingerprint density at radius 1 is 1.08 bits per heavy atom. The van der Waals surface area contributed by atoms with E-state index in [1.165, 1.54) is 21.6 Å². The van der Waals surface area contributed by atoms with Crippen LogP contribution < -0.4 is 10.5 Å². The number of halogens is 1. The first-order valence-corrected chi connectivity index (χ1v) is 12.5. The van der Waals surface area contributed by atoms with Gasteiger partial charge in [-0.2, -0.15) is 5.26 Å². The fourth-order valence-corrected chi connectivity index (χ4v) is 6.90. The van der Waals surface area contributed by atoms with Crippen LogP contribution in [0.2, 0.25) is 5.02 Å². The van der Waals surface area contributed by atoms with Crippen molar-refractivity contribution in [1.29, 1.82) is 5.26 Å². The highest BCUT2D eigenvalue weighted by molar-refractivity contribution is 6.30. The van der Waals surface area contributed by atoms with Gasteiger partial charge in [0.15, 0.2) is 0 Å². The van der Waals surface area contributed by atoms with E-state index in [1.807, 2.05) is 31.2 Å². The van der Waals surface area contributed by atoms with Crippen LogP contribution >= 0.6 is 11.6 Å². The second-order valence-corrected chi connectivity index (χ2v) is 10.6. The summed E-state index contributed by atoms with van der Waals surface area (Å²) in [7, 11) is 1.58. The maximum atomic E-state index is 14.1. The number of aromatic nitrogens is 1. The molecule has 0 aliphatic carbocycles. The van der Waals surface area contributed by atoms with Gasteiger partial charge in [0.05, 0.1) is 45.9 Å². The van der Waals surface area contributed by atoms with Gasteiger partial charge in [-0.1, -0.05) is 35.9 Å². The van der Waals surface area contributed by atoms with Gasteiger partial charge in [0.1, 0.15) is 5.60 Å². The Hall–Kier alpha value is -3.51. The molecule has 8 nitrogen and oxygen atoms in total. The van der Waals surface area contributed by atoms with E-state index in [0.717, 1.165) is 0 Å². The van der Waals surface area contributed by atoms with Crippen molar-refractivity contribution in [3.63, 3.8) is 0 Å². The van der Waals surface area contributed by atoms with Crippen LogP contribution in [-0.2, 0) is 25.6 Å². The number of anilines is 1. The molecule has 3 aliphatic heterocycles. The summed E-state index contributed by atoms with van der Waals surface area (Å²) >= 11 is 6.11. The van der Waals surface area contributed by atoms with E-state index < -0.39 is 23.0 Å². The maximum Gasteiger partial charge on any atom is 0.250 e. The van der Waals surface area contributed by atoms with Gasteiger partial charge >= 0.3 is 0 Å². The number of imide groups is 1. The average Bonchev–Trinajstić information content (AvgIpc) is 3.45. The molecule has 37 heavy (non-hydrogen) atoms. The standard InChI is InChI=1S/C28H24ClN3O5/c1-27-21(36-2)13-28(37-27,11-12-31-15-17(29)8-10-22(31)33)24-23(27)25(34)32(26(24)35)20-9-7-16(14-30)18-5-3-4-6-19(18)20/h3-10,15,21,23-24H,11-13H2,1-2H3. The Morgan fingerprint density at radius 2 is 1.81 bits per heavy atom. The molecule has 3 fully saturated rings. The van der Waals surface area contributed by atoms with Gasteiger partial charge in [-0.05, 0) is 31.5 Å². The van der Waals surface area contributed by atoms with Gasteiger partial charge in [-0.15, -0.1) is 0 Å². The second kappa shape index (κ2) is 8.25. The van der Waals surface area contributed by atoms with E-state index in [-0.39, 0.29) is 30.0 Å². The summed E-state index contributed by atoms with van der Waals surface area (Å²) in [5, 5.41) is 11.3. The van der Waals surface area contributed by atoms with Crippen molar-refractivity contribution in [2.45, 2.75) is 43.6 Å². The van der Waals surface area contributed by atoms with Crippen LogP contribution in [0.25, 0.3) is 10.8 Å². The lowest BCUT2D eigenvalue weighted by atomic mass is 9.66. The van der Waals surface area contributed by atoms with Crippen LogP contribution in [0.1, 0.15) is 25.3 Å². The highest BCUT2D eigenvalue weighted by atomic mass is 35.5. The fourth-order valence-electron chi connectivity index (χ4n) is 6.72. The highest BCUT2D eigenvalue weighted by Crippen LogP contribution is 2.63. The summed E-state index contributed by atoms with van der Waals surface area (Å²) in [6.45, 7) is 2.11. The summed E-state index contributed by atoms with van der Waals surface area (Å²) < 4.78 is 13.8. The first-order chi connectivity index (χ1) is 17.7. The molecule has 0 saturated carbocycles. The topological polar surface area (TPSA) is 102 Å². The molecule has 5 unspecified atom stereocenters. The third-order valence-corrected chi connectivity index (χ3v) is 8.58. The molecule has 0 radical (unpaired) electrons. The van der Waals surface area contributed by atoms with E-state index in [9.17, 15) is 19.6 Å². The Kier molecular flexibility index (Phi) is 5.32. The van der Waals surface area contributed by atoms with Crippen LogP contribution in [0.4, 0.5) is 5.69 Å². The zero-order chi connectivity index (χ0) is 26.1. The Morgan fingerprint density at radius 3 is 2.54 bits per heavy atom. The average molecular weight is 518 g/mol. The number of aryl methyl sites for hydroxylation is 1. The number of hydrogen-bond acceptors (Lipinski definition) is 6. The minimum absolute atomic E-state index is 0.209. The summed E-state index contributed by atoms with van der Waals surface area (Å²) in [5.41, 5.74) is -1.26. The van der Waals surface area contributed by atoms with Crippen molar-refractivity contribution in [3.05, 3.63) is 75.7 Å². The van der Waals surface area contributed by atoms with Gasteiger partial charge in [0, 0.05) is 43.1 Å². The molecule has 0 N–H and O–H groups in total. The molecule has 3 aliphatic rings. The summed E-state index contributed by atoms with van der Waals surface area (Å²) in [6.07, 6.45) is 1.94. The first kappa shape index (κ1) is 23.9. The van der Waals surface area contributed by atoms with Crippen LogP contribution in [0.15, 0.2) is 59.5 Å². The van der Waals surface area contributed by atoms with Crippen molar-refractivity contribution >= 4 is 39.9 Å². The van der Waals surface area contributed by atoms with E-state index >= 15 is 0 Å². The third kappa shape index (κ3) is 3.24. The number of nitrogens with zero attached hydrogens (tertiary/aromatic N) is 3. The van der Waals surface area contributed by atoms with Crippen molar-refractivity contribution in [2.24, 2.45) is 11.8 Å². The minimum atomic E-state index is -0.997. The van der Waals surface area contributed by atoms with Gasteiger partial charge in [0.2, 0.25) is 11.8 Å². The Labute approximate surface area is 217 Å². The number of hydrogen-bond donors (Lipinski definition) is 0. The van der Waals surface area contributed by atoms with E-state index in [2.05, 4.69) is 6.07 Å². The van der Waals surface area contributed by atoms with Gasteiger partial charge in [-0.25, -0.2) is 4.90 Å². The van der Waals surface area contributed by atoms with E-state index in [4.69, 9.17) is 21.1 Å². The predicted molar refractivity (Wildman–Crippen MR) is 136 cm³/mol. The monoisotopic (exact) mass is 517 g/mol. The molecule has 3 aromatic rings. The zero-order valence-electron chi connectivity index (χ0n) is 20.3. The molecule has 5 atom stereocenters. The fraction of sp³-hybridized carbons (Fsp3) is 0.357. The number of methoxy groups -OCH3 is 1. The molecule has 4 heterocycles. The van der Waals surface area contributed by atoms with Crippen LogP contribution in [0.3, 0.4) is 0 Å². The molecule has 2 amide bonds. The van der Waals surface area contributed by atoms with Crippen molar-refractivity contribution in [2.75, 3.05) is 12.0 Å². The van der Waals surface area contributed by atoms with E-state index in [0.29, 0.717) is 39.9 Å². The van der Waals surface area contributed by atoms with E-state index in [1.54, 1.807) is 25.4 Å². The molecular weight excluding hydrogens is 494 g/mol. The SMILES string of the molecule is COC1CC2(CCn3cc(Cl)ccc3=O)OC1(C)C1C(=O)N(c3ccc(C#N)c4ccccc34)C(=O)C12. The first-order valence-electron chi connectivity index (χ1n) is 12.1. The van der Waals surface area contributed by atoms with Gasteiger partial charge in [-0.3, -0.25) is 14.4 Å². The zero-order valence-corrected chi connectivity index (χ0v) is 21.1. The molecule has 1 aromatic heterocycles. The molecule has 2 bridgehead atoms. The molecule has 3 saturated heterocycles. The summed E-state index contributed by atoms with van der Waals surface area (Å²) in [6, 6.07) is 15.7. The number of ether oxygens (including phenoxy) is 2. The highest BCUT2D eigenvalue weighted by Gasteiger charge is 2.77. The molecule has 2 aromatic carbocycles. The largest absolute Gasteiger partial charge is 0.378 e. The molecule has 188 valence electrons. The summed E-state index contributed by atoms with van der Waals surface area (Å²) in [5.74, 6) is -2.12. The lowest BCUT2D eigenvalue weighted by molar-refractivity contribution is -0.135. The molecule has 0 spiro atoms. The van der Waals surface area contributed by atoms with Crippen molar-refractivity contribution < 1.29 is 19.1 Å². The maximum absolute atomic E-state index is 14.1. The Bertz CT molecular complexity index is 1580. The number of pyridine rings is 1. The Balaban J connectivity index is 1.43. The predicted octanol–water partition coefficient (Wildman–Crippen LogP) is 3.67.